The third kappa shape index (κ3) is 2.93. The molecule has 5 heteroatoms. The largest absolute Gasteiger partial charge is 0.481 e. The Morgan fingerprint density at radius 3 is 2.67 bits per heavy atom. The zero-order valence-corrected chi connectivity index (χ0v) is 13.5. The van der Waals surface area contributed by atoms with Crippen molar-refractivity contribution in [3.63, 3.8) is 0 Å². The van der Waals surface area contributed by atoms with E-state index in [-0.39, 0.29) is 5.91 Å². The first-order chi connectivity index (χ1) is 9.93. The van der Waals surface area contributed by atoms with E-state index in [0.29, 0.717) is 31.5 Å². The summed E-state index contributed by atoms with van der Waals surface area (Å²) in [5.74, 6) is -0.852. The minimum absolute atomic E-state index is 0.0556. The Bertz CT molecular complexity index is 573. The van der Waals surface area contributed by atoms with Crippen molar-refractivity contribution in [2.75, 3.05) is 19.3 Å². The van der Waals surface area contributed by atoms with Crippen LogP contribution in [0.25, 0.3) is 0 Å². The first-order valence-corrected chi connectivity index (χ1v) is 8.33. The Morgan fingerprint density at radius 2 is 2.14 bits per heavy atom. The van der Waals surface area contributed by atoms with E-state index in [9.17, 15) is 14.7 Å². The van der Waals surface area contributed by atoms with Crippen LogP contribution in [0, 0.1) is 12.3 Å². The number of amides is 1. The Kier molecular flexibility index (Phi) is 4.61. The van der Waals surface area contributed by atoms with E-state index in [1.807, 2.05) is 38.3 Å². The van der Waals surface area contributed by atoms with Gasteiger partial charge in [-0.25, -0.2) is 0 Å². The summed E-state index contributed by atoms with van der Waals surface area (Å²) in [4.78, 5) is 26.9. The molecule has 0 aliphatic carbocycles. The quantitative estimate of drug-likeness (QED) is 0.869. The summed E-state index contributed by atoms with van der Waals surface area (Å²) in [6, 6.07) is 5.84. The van der Waals surface area contributed by atoms with Gasteiger partial charge in [0, 0.05) is 23.5 Å². The number of likely N-dealkylation sites (tertiary alicyclic amines) is 1. The second-order valence-electron chi connectivity index (χ2n) is 5.60. The van der Waals surface area contributed by atoms with Gasteiger partial charge in [0.05, 0.1) is 5.41 Å². The van der Waals surface area contributed by atoms with Gasteiger partial charge in [0.1, 0.15) is 0 Å². The molecule has 21 heavy (non-hydrogen) atoms. The van der Waals surface area contributed by atoms with E-state index in [4.69, 9.17) is 0 Å². The standard InChI is InChI=1S/C16H21NO3S/c1-4-16(15(19)20)7-8-17(10-16)14(18)13-9-12(21-3)6-5-11(13)2/h5-6,9H,4,7-8,10H2,1-3H3,(H,19,20). The van der Waals surface area contributed by atoms with Crippen LogP contribution in [0.5, 0.6) is 0 Å². The number of thioether (sulfide) groups is 1. The predicted octanol–water partition coefficient (Wildman–Crippen LogP) is 3.04. The molecule has 0 aromatic heterocycles. The molecule has 0 saturated carbocycles. The molecule has 1 fully saturated rings. The number of carboxylic acids is 1. The average Bonchev–Trinajstić information content (AvgIpc) is 2.93. The van der Waals surface area contributed by atoms with Crippen LogP contribution in [0.1, 0.15) is 35.7 Å². The first kappa shape index (κ1) is 15.9. The molecule has 1 atom stereocenters. The van der Waals surface area contributed by atoms with Gasteiger partial charge in [-0.1, -0.05) is 13.0 Å². The summed E-state index contributed by atoms with van der Waals surface area (Å²) in [5.41, 5.74) is 0.835. The SMILES string of the molecule is CCC1(C(=O)O)CCN(C(=O)c2cc(SC)ccc2C)C1. The fourth-order valence-corrected chi connectivity index (χ4v) is 3.23. The number of carbonyl (C=O) groups is 2. The Labute approximate surface area is 129 Å². The van der Waals surface area contributed by atoms with Gasteiger partial charge < -0.3 is 10.0 Å². The molecule has 114 valence electrons. The Hall–Kier alpha value is -1.49. The highest BCUT2D eigenvalue weighted by atomic mass is 32.2. The van der Waals surface area contributed by atoms with Crippen LogP contribution in [0.4, 0.5) is 0 Å². The van der Waals surface area contributed by atoms with Crippen molar-refractivity contribution in [3.05, 3.63) is 29.3 Å². The molecule has 4 nitrogen and oxygen atoms in total. The molecule has 1 N–H and O–H groups in total. The number of aliphatic carboxylic acids is 1. The van der Waals surface area contributed by atoms with Gasteiger partial charge in [-0.05, 0) is 43.7 Å². The molecule has 0 bridgehead atoms. The summed E-state index contributed by atoms with van der Waals surface area (Å²) >= 11 is 1.60. The summed E-state index contributed by atoms with van der Waals surface area (Å²) in [5, 5.41) is 9.43. The van der Waals surface area contributed by atoms with Crippen molar-refractivity contribution < 1.29 is 14.7 Å². The van der Waals surface area contributed by atoms with Crippen LogP contribution in [-0.4, -0.2) is 41.2 Å². The summed E-state index contributed by atoms with van der Waals surface area (Å²) in [7, 11) is 0. The van der Waals surface area contributed by atoms with E-state index in [1.54, 1.807) is 16.7 Å². The lowest BCUT2D eigenvalue weighted by molar-refractivity contribution is -0.148. The van der Waals surface area contributed by atoms with Crippen molar-refractivity contribution in [3.8, 4) is 0 Å². The fourth-order valence-electron chi connectivity index (χ4n) is 2.79. The smallest absolute Gasteiger partial charge is 0.311 e. The highest BCUT2D eigenvalue weighted by molar-refractivity contribution is 7.98. The third-order valence-electron chi connectivity index (χ3n) is 4.45. The minimum Gasteiger partial charge on any atom is -0.481 e. The molecule has 1 saturated heterocycles. The normalized spacial score (nSPS) is 21.6. The molecule has 1 amide bonds. The number of benzene rings is 1. The lowest BCUT2D eigenvalue weighted by Gasteiger charge is -2.23. The highest BCUT2D eigenvalue weighted by Gasteiger charge is 2.44. The number of aryl methyl sites for hydroxylation is 1. The second-order valence-corrected chi connectivity index (χ2v) is 6.48. The molecule has 0 radical (unpaired) electrons. The predicted molar refractivity (Wildman–Crippen MR) is 83.8 cm³/mol. The van der Waals surface area contributed by atoms with E-state index < -0.39 is 11.4 Å². The van der Waals surface area contributed by atoms with Crippen molar-refractivity contribution in [2.45, 2.75) is 31.6 Å². The third-order valence-corrected chi connectivity index (χ3v) is 5.17. The zero-order chi connectivity index (χ0) is 15.6. The van der Waals surface area contributed by atoms with Crippen LogP contribution in [0.15, 0.2) is 23.1 Å². The van der Waals surface area contributed by atoms with Gasteiger partial charge in [-0.2, -0.15) is 0 Å². The summed E-state index contributed by atoms with van der Waals surface area (Å²) in [6.07, 6.45) is 3.06. The molecule has 0 spiro atoms. The maximum absolute atomic E-state index is 12.7. The van der Waals surface area contributed by atoms with Crippen LogP contribution < -0.4 is 0 Å². The molecular weight excluding hydrogens is 286 g/mol. The molecule has 1 aliphatic heterocycles. The van der Waals surface area contributed by atoms with Crippen molar-refractivity contribution in [1.29, 1.82) is 0 Å². The maximum Gasteiger partial charge on any atom is 0.311 e. The van der Waals surface area contributed by atoms with Gasteiger partial charge in [0.25, 0.3) is 5.91 Å². The van der Waals surface area contributed by atoms with Crippen LogP contribution in [0.3, 0.4) is 0 Å². The molecule has 1 unspecified atom stereocenters. The number of nitrogens with zero attached hydrogens (tertiary/aromatic N) is 1. The van der Waals surface area contributed by atoms with E-state index in [2.05, 4.69) is 0 Å². The lowest BCUT2D eigenvalue weighted by Crippen LogP contribution is -2.36. The first-order valence-electron chi connectivity index (χ1n) is 7.11. The van der Waals surface area contributed by atoms with Gasteiger partial charge in [-0.3, -0.25) is 9.59 Å². The number of hydrogen-bond acceptors (Lipinski definition) is 3. The molecule has 1 aromatic carbocycles. The molecular formula is C16H21NO3S. The van der Waals surface area contributed by atoms with E-state index in [1.165, 1.54) is 0 Å². The van der Waals surface area contributed by atoms with Gasteiger partial charge >= 0.3 is 5.97 Å². The second kappa shape index (κ2) is 6.10. The number of carbonyl (C=O) groups excluding carboxylic acids is 1. The average molecular weight is 307 g/mol. The lowest BCUT2D eigenvalue weighted by atomic mass is 9.84. The van der Waals surface area contributed by atoms with Crippen LogP contribution >= 0.6 is 11.8 Å². The van der Waals surface area contributed by atoms with E-state index in [0.717, 1.165) is 10.5 Å². The maximum atomic E-state index is 12.7. The number of carboxylic acid groups (broad SMARTS) is 1. The van der Waals surface area contributed by atoms with Gasteiger partial charge in [-0.15, -0.1) is 11.8 Å². The van der Waals surface area contributed by atoms with Crippen molar-refractivity contribution in [2.24, 2.45) is 5.41 Å². The van der Waals surface area contributed by atoms with Crippen LogP contribution in [-0.2, 0) is 4.79 Å². The molecule has 1 aromatic rings. The highest BCUT2D eigenvalue weighted by Crippen LogP contribution is 2.35. The zero-order valence-electron chi connectivity index (χ0n) is 12.7. The minimum atomic E-state index is -0.796. The van der Waals surface area contributed by atoms with Crippen molar-refractivity contribution in [1.82, 2.24) is 4.90 Å². The van der Waals surface area contributed by atoms with Crippen LogP contribution in [0.2, 0.25) is 0 Å². The van der Waals surface area contributed by atoms with E-state index >= 15 is 0 Å². The molecule has 1 heterocycles. The monoisotopic (exact) mass is 307 g/mol. The number of hydrogen-bond donors (Lipinski definition) is 1. The van der Waals surface area contributed by atoms with Crippen molar-refractivity contribution >= 4 is 23.6 Å². The molecule has 1 aliphatic rings. The Morgan fingerprint density at radius 1 is 1.43 bits per heavy atom. The molecule has 2 rings (SSSR count). The van der Waals surface area contributed by atoms with Gasteiger partial charge in [0.15, 0.2) is 0 Å². The Balaban J connectivity index is 2.24. The number of rotatable bonds is 4. The summed E-state index contributed by atoms with van der Waals surface area (Å²) < 4.78 is 0. The summed E-state index contributed by atoms with van der Waals surface area (Å²) in [6.45, 7) is 4.61. The topological polar surface area (TPSA) is 57.6 Å². The fraction of sp³-hybridized carbons (Fsp3) is 0.500. The van der Waals surface area contributed by atoms with Gasteiger partial charge in [0.2, 0.25) is 0 Å².